The van der Waals surface area contributed by atoms with Crippen LogP contribution in [0, 0.1) is 0 Å². The Morgan fingerprint density at radius 2 is 1.70 bits per heavy atom. The molecule has 1 heterocycles. The fourth-order valence-corrected chi connectivity index (χ4v) is 5.05. The zero-order chi connectivity index (χ0) is 23.4. The lowest BCUT2D eigenvalue weighted by Gasteiger charge is -2.21. The van der Waals surface area contributed by atoms with Crippen molar-refractivity contribution in [2.75, 3.05) is 19.4 Å². The highest BCUT2D eigenvalue weighted by molar-refractivity contribution is 7.91. The van der Waals surface area contributed by atoms with Crippen LogP contribution in [0.2, 0.25) is 0 Å². The minimum Gasteiger partial charge on any atom is -0.496 e. The van der Waals surface area contributed by atoms with E-state index in [0.29, 0.717) is 10.6 Å². The fourth-order valence-electron chi connectivity index (χ4n) is 4.14. The van der Waals surface area contributed by atoms with Crippen LogP contribution >= 0.6 is 0 Å². The first-order valence-electron chi connectivity index (χ1n) is 11.2. The minimum absolute atomic E-state index is 0.0639. The van der Waals surface area contributed by atoms with Gasteiger partial charge < -0.3 is 9.72 Å². The van der Waals surface area contributed by atoms with E-state index in [4.69, 9.17) is 4.74 Å². The number of fused-ring (bicyclic) bond motifs is 1. The predicted octanol–water partition coefficient (Wildman–Crippen LogP) is 5.66. The molecule has 0 aliphatic heterocycles. The Kier molecular flexibility index (Phi) is 6.86. The topological polar surface area (TPSA) is 62.4 Å². The quantitative estimate of drug-likeness (QED) is 0.349. The van der Waals surface area contributed by atoms with Crippen molar-refractivity contribution in [1.82, 2.24) is 9.88 Å². The molecular weight excluding hydrogens is 432 g/mol. The lowest BCUT2D eigenvalue weighted by Crippen LogP contribution is -2.22. The van der Waals surface area contributed by atoms with Gasteiger partial charge in [-0.2, -0.15) is 0 Å². The molecule has 0 amide bonds. The molecule has 172 valence electrons. The molecule has 0 spiro atoms. The molecule has 4 rings (SSSR count). The molecule has 0 aliphatic carbocycles. The zero-order valence-corrected chi connectivity index (χ0v) is 20.2. The average molecular weight is 463 g/mol. The average Bonchev–Trinajstić information content (AvgIpc) is 3.31. The van der Waals surface area contributed by atoms with Crippen molar-refractivity contribution >= 4 is 20.6 Å². The van der Waals surface area contributed by atoms with Crippen LogP contribution in [-0.4, -0.2) is 37.7 Å². The molecule has 1 N–H and O–H groups in total. The number of rotatable bonds is 9. The molecule has 0 fully saturated rings. The summed E-state index contributed by atoms with van der Waals surface area (Å²) in [5.74, 6) is 0.704. The number of H-pyrrole nitrogens is 1. The van der Waals surface area contributed by atoms with Crippen LogP contribution in [0.25, 0.3) is 22.0 Å². The van der Waals surface area contributed by atoms with Gasteiger partial charge in [0.1, 0.15) is 5.75 Å². The molecular formula is C27H30N2O3S. The molecule has 0 bridgehead atoms. The Bertz CT molecular complexity index is 1350. The number of hydrogen-bond donors (Lipinski definition) is 1. The van der Waals surface area contributed by atoms with Gasteiger partial charge in [0.25, 0.3) is 0 Å². The van der Waals surface area contributed by atoms with Crippen LogP contribution in [-0.2, 0) is 22.9 Å². The number of nitrogens with zero attached hydrogens (tertiary/aromatic N) is 1. The van der Waals surface area contributed by atoms with Gasteiger partial charge in [-0.15, -0.1) is 0 Å². The lowest BCUT2D eigenvalue weighted by molar-refractivity contribution is 0.269. The monoisotopic (exact) mass is 462 g/mol. The molecule has 0 saturated carbocycles. The first kappa shape index (κ1) is 23.1. The van der Waals surface area contributed by atoms with E-state index in [1.807, 2.05) is 6.07 Å². The smallest absolute Gasteiger partial charge is 0.178 e. The summed E-state index contributed by atoms with van der Waals surface area (Å²) in [6.45, 7) is 6.33. The molecule has 0 saturated heterocycles. The van der Waals surface area contributed by atoms with Gasteiger partial charge in [-0.25, -0.2) is 8.42 Å². The van der Waals surface area contributed by atoms with Crippen molar-refractivity contribution in [1.29, 1.82) is 0 Å². The molecule has 33 heavy (non-hydrogen) atoms. The standard InChI is InChI=1S/C27H30N2O3S/c1-4-29(18-21-11-8-10-20-9-6-7-12-24(20)21)19-22-13-15-26(28-22)25-17-23(33(30,31)5-2)14-16-27(25)32-3/h6-17,28H,4-5,18-19H2,1-3H3. The van der Waals surface area contributed by atoms with Gasteiger partial charge in [0.2, 0.25) is 0 Å². The highest BCUT2D eigenvalue weighted by Gasteiger charge is 2.17. The van der Waals surface area contributed by atoms with Crippen molar-refractivity contribution in [3.05, 3.63) is 84.1 Å². The highest BCUT2D eigenvalue weighted by atomic mass is 32.2. The Labute approximate surface area is 195 Å². The van der Waals surface area contributed by atoms with Crippen molar-refractivity contribution in [2.45, 2.75) is 31.8 Å². The number of nitrogens with one attached hydrogen (secondary N) is 1. The van der Waals surface area contributed by atoms with Crippen LogP contribution in [0.15, 0.2) is 77.7 Å². The Hall–Kier alpha value is -3.09. The second-order valence-corrected chi connectivity index (χ2v) is 10.4. The molecule has 1 aromatic heterocycles. The van der Waals surface area contributed by atoms with E-state index < -0.39 is 9.84 Å². The summed E-state index contributed by atoms with van der Waals surface area (Å²) in [7, 11) is -1.70. The summed E-state index contributed by atoms with van der Waals surface area (Å²) in [6, 6.07) is 24.0. The Balaban J connectivity index is 1.59. The summed E-state index contributed by atoms with van der Waals surface area (Å²) in [5, 5.41) is 2.53. The molecule has 0 aliphatic rings. The normalized spacial score (nSPS) is 11.9. The summed E-state index contributed by atoms with van der Waals surface area (Å²) >= 11 is 0. The van der Waals surface area contributed by atoms with E-state index in [-0.39, 0.29) is 5.75 Å². The maximum absolute atomic E-state index is 12.4. The van der Waals surface area contributed by atoms with Gasteiger partial charge in [0.15, 0.2) is 9.84 Å². The van der Waals surface area contributed by atoms with Crippen molar-refractivity contribution in [2.24, 2.45) is 0 Å². The third-order valence-corrected chi connectivity index (χ3v) is 7.79. The number of sulfone groups is 1. The molecule has 0 atom stereocenters. The van der Waals surface area contributed by atoms with Gasteiger partial charge in [0, 0.05) is 30.0 Å². The second kappa shape index (κ2) is 9.81. The fraction of sp³-hybridized carbons (Fsp3) is 0.259. The third-order valence-electron chi connectivity index (χ3n) is 6.06. The zero-order valence-electron chi connectivity index (χ0n) is 19.3. The number of methoxy groups -OCH3 is 1. The lowest BCUT2D eigenvalue weighted by atomic mass is 10.0. The maximum atomic E-state index is 12.4. The molecule has 0 radical (unpaired) electrons. The van der Waals surface area contributed by atoms with E-state index in [0.717, 1.165) is 36.6 Å². The van der Waals surface area contributed by atoms with Crippen LogP contribution < -0.4 is 4.74 Å². The summed E-state index contributed by atoms with van der Waals surface area (Å²) in [5.41, 5.74) is 3.96. The molecule has 0 unspecified atom stereocenters. The van der Waals surface area contributed by atoms with Crippen LogP contribution in [0.1, 0.15) is 25.1 Å². The van der Waals surface area contributed by atoms with Crippen LogP contribution in [0.5, 0.6) is 5.75 Å². The van der Waals surface area contributed by atoms with Crippen LogP contribution in [0.4, 0.5) is 0 Å². The van der Waals surface area contributed by atoms with Gasteiger partial charge in [-0.1, -0.05) is 56.3 Å². The minimum atomic E-state index is -3.30. The van der Waals surface area contributed by atoms with E-state index in [1.165, 1.54) is 16.3 Å². The summed E-state index contributed by atoms with van der Waals surface area (Å²) < 4.78 is 30.3. The van der Waals surface area contributed by atoms with Gasteiger partial charge >= 0.3 is 0 Å². The van der Waals surface area contributed by atoms with Crippen molar-refractivity contribution < 1.29 is 13.2 Å². The predicted molar refractivity (Wildman–Crippen MR) is 134 cm³/mol. The van der Waals surface area contributed by atoms with Crippen LogP contribution in [0.3, 0.4) is 0 Å². The van der Waals surface area contributed by atoms with E-state index in [1.54, 1.807) is 32.2 Å². The molecule has 3 aromatic carbocycles. The molecule has 6 heteroatoms. The van der Waals surface area contributed by atoms with E-state index >= 15 is 0 Å². The molecule has 4 aromatic rings. The number of benzene rings is 3. The SMILES string of the molecule is CCN(Cc1ccc(-c2cc(S(=O)(=O)CC)ccc2OC)[nH]1)Cc1cccc2ccccc12. The van der Waals surface area contributed by atoms with E-state index in [2.05, 4.69) is 65.3 Å². The first-order valence-corrected chi connectivity index (χ1v) is 12.9. The Morgan fingerprint density at radius 1 is 0.909 bits per heavy atom. The summed E-state index contributed by atoms with van der Waals surface area (Å²) in [6.07, 6.45) is 0. The first-order chi connectivity index (χ1) is 15.9. The molecule has 5 nitrogen and oxygen atoms in total. The van der Waals surface area contributed by atoms with Gasteiger partial charge in [0.05, 0.1) is 17.8 Å². The second-order valence-electron chi connectivity index (χ2n) is 8.10. The van der Waals surface area contributed by atoms with Gasteiger partial charge in [-0.3, -0.25) is 4.90 Å². The highest BCUT2D eigenvalue weighted by Crippen LogP contribution is 2.32. The van der Waals surface area contributed by atoms with E-state index in [9.17, 15) is 8.42 Å². The third kappa shape index (κ3) is 4.97. The van der Waals surface area contributed by atoms with Gasteiger partial charge in [-0.05, 0) is 53.2 Å². The largest absolute Gasteiger partial charge is 0.496 e. The Morgan fingerprint density at radius 3 is 2.45 bits per heavy atom. The number of ether oxygens (including phenoxy) is 1. The summed E-state index contributed by atoms with van der Waals surface area (Å²) in [4.78, 5) is 6.16. The van der Waals surface area contributed by atoms with Crippen molar-refractivity contribution in [3.63, 3.8) is 0 Å². The number of aromatic nitrogens is 1. The maximum Gasteiger partial charge on any atom is 0.178 e. The van der Waals surface area contributed by atoms with Crippen molar-refractivity contribution in [3.8, 4) is 17.0 Å². The number of aromatic amines is 1. The number of hydrogen-bond acceptors (Lipinski definition) is 4.